The van der Waals surface area contributed by atoms with Crippen LogP contribution in [0.15, 0.2) is 18.2 Å². The molecule has 5 nitrogen and oxygen atoms in total. The van der Waals surface area contributed by atoms with Crippen LogP contribution in [0.1, 0.15) is 16.7 Å². The van der Waals surface area contributed by atoms with Gasteiger partial charge in [-0.25, -0.2) is 0 Å². The second kappa shape index (κ2) is 4.01. The van der Waals surface area contributed by atoms with Gasteiger partial charge >= 0.3 is 0 Å². The Bertz CT molecular complexity index is 454. The van der Waals surface area contributed by atoms with E-state index >= 15 is 0 Å². The highest BCUT2D eigenvalue weighted by Gasteiger charge is 2.06. The molecule has 68 valence electrons. The van der Waals surface area contributed by atoms with Gasteiger partial charge in [-0.2, -0.15) is 10.5 Å². The van der Waals surface area contributed by atoms with E-state index in [0.717, 1.165) is 0 Å². The number of nitro groups is 1. The number of rotatable bonds is 2. The SMILES string of the molecule is N#Cc1ccc(C[N+](=O)[O-])cc1C#N. The molecule has 0 amide bonds. The molecule has 0 bridgehead atoms. The molecule has 0 N–H and O–H groups in total. The van der Waals surface area contributed by atoms with Crippen LogP contribution in [-0.4, -0.2) is 4.92 Å². The van der Waals surface area contributed by atoms with Crippen LogP contribution >= 0.6 is 0 Å². The van der Waals surface area contributed by atoms with Crippen molar-refractivity contribution in [1.82, 2.24) is 0 Å². The first-order valence-electron chi connectivity index (χ1n) is 3.72. The second-order valence-electron chi connectivity index (χ2n) is 2.59. The maximum absolute atomic E-state index is 10.2. The number of nitrogens with zero attached hydrogens (tertiary/aromatic N) is 3. The molecule has 0 aliphatic carbocycles. The molecular weight excluding hydrogens is 182 g/mol. The third kappa shape index (κ3) is 2.05. The Labute approximate surface area is 80.0 Å². The molecule has 0 aliphatic rings. The summed E-state index contributed by atoms with van der Waals surface area (Å²) in [5.74, 6) is 0. The van der Waals surface area contributed by atoms with E-state index in [-0.39, 0.29) is 17.7 Å². The maximum Gasteiger partial charge on any atom is 0.228 e. The molecule has 0 atom stereocenters. The van der Waals surface area contributed by atoms with Crippen LogP contribution in [-0.2, 0) is 6.54 Å². The van der Waals surface area contributed by atoms with Gasteiger partial charge in [0.15, 0.2) is 0 Å². The first-order valence-corrected chi connectivity index (χ1v) is 3.72. The summed E-state index contributed by atoms with van der Waals surface area (Å²) in [6, 6.07) is 7.90. The van der Waals surface area contributed by atoms with E-state index < -0.39 is 4.92 Å². The van der Waals surface area contributed by atoms with Gasteiger partial charge in [0.2, 0.25) is 6.54 Å². The van der Waals surface area contributed by atoms with Gasteiger partial charge in [0.1, 0.15) is 12.1 Å². The molecular formula is C9H5N3O2. The zero-order valence-corrected chi connectivity index (χ0v) is 7.10. The molecule has 5 heteroatoms. The first kappa shape index (κ1) is 9.69. The molecule has 0 aliphatic heterocycles. The molecule has 0 saturated carbocycles. The smallest absolute Gasteiger partial charge is 0.228 e. The number of hydrogen-bond donors (Lipinski definition) is 0. The van der Waals surface area contributed by atoms with Crippen LogP contribution < -0.4 is 0 Å². The van der Waals surface area contributed by atoms with Crippen LogP contribution in [0.4, 0.5) is 0 Å². The van der Waals surface area contributed by atoms with E-state index in [0.29, 0.717) is 5.56 Å². The van der Waals surface area contributed by atoms with E-state index in [1.54, 1.807) is 0 Å². The molecule has 0 fully saturated rings. The summed E-state index contributed by atoms with van der Waals surface area (Å²) in [6.07, 6.45) is 0. The van der Waals surface area contributed by atoms with E-state index in [1.165, 1.54) is 18.2 Å². The van der Waals surface area contributed by atoms with E-state index in [1.807, 2.05) is 12.1 Å². The van der Waals surface area contributed by atoms with Crippen LogP contribution in [0.25, 0.3) is 0 Å². The molecule has 0 aromatic heterocycles. The third-order valence-electron chi connectivity index (χ3n) is 1.64. The largest absolute Gasteiger partial charge is 0.264 e. The summed E-state index contributed by atoms with van der Waals surface area (Å²) < 4.78 is 0. The predicted octanol–water partition coefficient (Wildman–Crippen LogP) is 1.21. The topological polar surface area (TPSA) is 90.7 Å². The molecule has 0 saturated heterocycles. The summed E-state index contributed by atoms with van der Waals surface area (Å²) in [5.41, 5.74) is 0.831. The molecule has 14 heavy (non-hydrogen) atoms. The minimum absolute atomic E-state index is 0.173. The maximum atomic E-state index is 10.2. The van der Waals surface area contributed by atoms with Crippen molar-refractivity contribution in [1.29, 1.82) is 10.5 Å². The Balaban J connectivity index is 3.11. The predicted molar refractivity (Wildman–Crippen MR) is 46.6 cm³/mol. The molecule has 0 heterocycles. The fraction of sp³-hybridized carbons (Fsp3) is 0.111. The number of benzene rings is 1. The number of nitriles is 2. The monoisotopic (exact) mass is 187 g/mol. The fourth-order valence-corrected chi connectivity index (χ4v) is 1.03. The highest BCUT2D eigenvalue weighted by molar-refractivity contribution is 5.47. The lowest BCUT2D eigenvalue weighted by Gasteiger charge is -1.97. The Morgan fingerprint density at radius 1 is 1.29 bits per heavy atom. The fourth-order valence-electron chi connectivity index (χ4n) is 1.03. The average molecular weight is 187 g/mol. The lowest BCUT2D eigenvalue weighted by molar-refractivity contribution is -0.496. The minimum Gasteiger partial charge on any atom is -0.264 e. The highest BCUT2D eigenvalue weighted by atomic mass is 16.6. The molecule has 1 aromatic carbocycles. The van der Waals surface area contributed by atoms with Gasteiger partial charge < -0.3 is 0 Å². The summed E-state index contributed by atoms with van der Waals surface area (Å²) >= 11 is 0. The average Bonchev–Trinajstić information content (AvgIpc) is 2.16. The molecule has 0 radical (unpaired) electrons. The van der Waals surface area contributed by atoms with Crippen molar-refractivity contribution in [2.45, 2.75) is 6.54 Å². The Hall–Kier alpha value is -2.40. The van der Waals surface area contributed by atoms with Gasteiger partial charge in [-0.05, 0) is 12.1 Å². The van der Waals surface area contributed by atoms with Crippen molar-refractivity contribution in [2.24, 2.45) is 0 Å². The lowest BCUT2D eigenvalue weighted by atomic mass is 10.1. The van der Waals surface area contributed by atoms with Gasteiger partial charge in [0, 0.05) is 10.5 Å². The summed E-state index contributed by atoms with van der Waals surface area (Å²) in [7, 11) is 0. The zero-order chi connectivity index (χ0) is 10.6. The van der Waals surface area contributed by atoms with Crippen molar-refractivity contribution >= 4 is 0 Å². The van der Waals surface area contributed by atoms with Crippen LogP contribution in [0.2, 0.25) is 0 Å². The molecule has 1 aromatic rings. The number of hydrogen-bond acceptors (Lipinski definition) is 4. The van der Waals surface area contributed by atoms with E-state index in [9.17, 15) is 10.1 Å². The van der Waals surface area contributed by atoms with Gasteiger partial charge in [-0.3, -0.25) is 10.1 Å². The van der Waals surface area contributed by atoms with Gasteiger partial charge in [-0.1, -0.05) is 6.07 Å². The first-order chi connectivity index (χ1) is 6.67. The molecule has 1 rings (SSSR count). The molecule has 0 unspecified atom stereocenters. The van der Waals surface area contributed by atoms with Crippen molar-refractivity contribution in [2.75, 3.05) is 0 Å². The summed E-state index contributed by atoms with van der Waals surface area (Å²) in [4.78, 5) is 9.70. The lowest BCUT2D eigenvalue weighted by Crippen LogP contribution is -1.99. The van der Waals surface area contributed by atoms with Gasteiger partial charge in [0.05, 0.1) is 11.1 Å². The van der Waals surface area contributed by atoms with Crippen LogP contribution in [0.5, 0.6) is 0 Å². The van der Waals surface area contributed by atoms with Gasteiger partial charge in [-0.15, -0.1) is 0 Å². The molecule has 0 spiro atoms. The third-order valence-corrected chi connectivity index (χ3v) is 1.64. The van der Waals surface area contributed by atoms with Crippen molar-refractivity contribution in [3.63, 3.8) is 0 Å². The van der Waals surface area contributed by atoms with E-state index in [4.69, 9.17) is 10.5 Å². The zero-order valence-electron chi connectivity index (χ0n) is 7.10. The van der Waals surface area contributed by atoms with Crippen molar-refractivity contribution in [3.8, 4) is 12.1 Å². The Morgan fingerprint density at radius 2 is 1.93 bits per heavy atom. The van der Waals surface area contributed by atoms with Crippen molar-refractivity contribution in [3.05, 3.63) is 45.0 Å². The standard InChI is InChI=1S/C9H5N3O2/c10-4-8-2-1-7(6-12(13)14)3-9(8)5-11/h1-3H,6H2. The quantitative estimate of drug-likeness (QED) is 0.513. The normalized spacial score (nSPS) is 8.71. The Morgan fingerprint density at radius 3 is 2.43 bits per heavy atom. The second-order valence-corrected chi connectivity index (χ2v) is 2.59. The Kier molecular flexibility index (Phi) is 2.78. The van der Waals surface area contributed by atoms with Crippen molar-refractivity contribution < 1.29 is 4.92 Å². The summed E-state index contributed by atoms with van der Waals surface area (Å²) in [6.45, 7) is -0.333. The van der Waals surface area contributed by atoms with Gasteiger partial charge in [0.25, 0.3) is 0 Å². The van der Waals surface area contributed by atoms with E-state index in [2.05, 4.69) is 0 Å². The highest BCUT2D eigenvalue weighted by Crippen LogP contribution is 2.10. The van der Waals surface area contributed by atoms with Crippen LogP contribution in [0, 0.1) is 32.8 Å². The van der Waals surface area contributed by atoms with Crippen LogP contribution in [0.3, 0.4) is 0 Å². The minimum atomic E-state index is -0.484. The summed E-state index contributed by atoms with van der Waals surface area (Å²) in [5, 5.41) is 27.4.